The minimum Gasteiger partial charge on any atom is -0.490 e. The highest BCUT2D eigenvalue weighted by molar-refractivity contribution is 5.45. The van der Waals surface area contributed by atoms with E-state index in [9.17, 15) is 0 Å². The van der Waals surface area contributed by atoms with Crippen LogP contribution in [0.3, 0.4) is 0 Å². The summed E-state index contributed by atoms with van der Waals surface area (Å²) in [5.74, 6) is 3.51. The van der Waals surface area contributed by atoms with Crippen LogP contribution in [0.2, 0.25) is 0 Å². The van der Waals surface area contributed by atoms with Crippen molar-refractivity contribution in [2.24, 2.45) is 11.8 Å². The molecule has 0 amide bonds. The highest BCUT2D eigenvalue weighted by atomic mass is 16.5. The molecule has 0 spiro atoms. The predicted octanol–water partition coefficient (Wildman–Crippen LogP) is 5.86. The topological polar surface area (TPSA) is 36.9 Å². The Morgan fingerprint density at radius 1 is 0.690 bits per heavy atom. The van der Waals surface area contributed by atoms with Crippen molar-refractivity contribution in [3.05, 3.63) is 28.8 Å². The lowest BCUT2D eigenvalue weighted by Crippen LogP contribution is -2.23. The number of hydrogen-bond donors (Lipinski definition) is 0. The van der Waals surface area contributed by atoms with E-state index in [-0.39, 0.29) is 0 Å². The third-order valence-corrected chi connectivity index (χ3v) is 6.96. The van der Waals surface area contributed by atoms with Gasteiger partial charge in [-0.3, -0.25) is 0 Å². The minimum absolute atomic E-state index is 0.537. The SMILES string of the molecule is COCCOc1c(COC)cc(C2CCC(C3CCCCC3)CC2)cc1COC. The van der Waals surface area contributed by atoms with Crippen molar-refractivity contribution >= 4 is 0 Å². The summed E-state index contributed by atoms with van der Waals surface area (Å²) in [6.45, 7) is 2.23. The Kier molecular flexibility index (Phi) is 9.29. The first-order chi connectivity index (χ1) is 14.3. The zero-order chi connectivity index (χ0) is 20.5. The van der Waals surface area contributed by atoms with Crippen LogP contribution in [0.4, 0.5) is 0 Å². The van der Waals surface area contributed by atoms with Crippen LogP contribution in [-0.2, 0) is 27.4 Å². The molecule has 0 aliphatic heterocycles. The van der Waals surface area contributed by atoms with Crippen LogP contribution in [0.1, 0.15) is 80.4 Å². The van der Waals surface area contributed by atoms with Gasteiger partial charge < -0.3 is 18.9 Å². The van der Waals surface area contributed by atoms with Crippen molar-refractivity contribution in [1.82, 2.24) is 0 Å². The average Bonchev–Trinajstić information content (AvgIpc) is 2.76. The van der Waals surface area contributed by atoms with E-state index >= 15 is 0 Å². The molecule has 2 saturated carbocycles. The normalized spacial score (nSPS) is 23.3. The van der Waals surface area contributed by atoms with Crippen LogP contribution in [-0.4, -0.2) is 34.5 Å². The highest BCUT2D eigenvalue weighted by Gasteiger charge is 2.29. The molecule has 4 nitrogen and oxygen atoms in total. The van der Waals surface area contributed by atoms with Crippen molar-refractivity contribution in [3.63, 3.8) is 0 Å². The van der Waals surface area contributed by atoms with E-state index in [2.05, 4.69) is 12.1 Å². The first-order valence-electron chi connectivity index (χ1n) is 11.5. The second-order valence-corrected chi connectivity index (χ2v) is 8.89. The van der Waals surface area contributed by atoms with Gasteiger partial charge in [-0.15, -0.1) is 0 Å². The van der Waals surface area contributed by atoms with Gasteiger partial charge in [0.1, 0.15) is 12.4 Å². The Hall–Kier alpha value is -1.10. The molecule has 0 saturated heterocycles. The standard InChI is InChI=1S/C25H40O4/c1-26-13-14-29-25-23(17-27-2)15-22(16-24(25)18-28-3)21-11-9-20(10-12-21)19-7-5-4-6-8-19/h15-16,19-21H,4-14,17-18H2,1-3H3. The third kappa shape index (κ3) is 6.19. The van der Waals surface area contributed by atoms with Gasteiger partial charge in [0.2, 0.25) is 0 Å². The first-order valence-corrected chi connectivity index (χ1v) is 11.5. The van der Waals surface area contributed by atoms with Crippen molar-refractivity contribution < 1.29 is 18.9 Å². The van der Waals surface area contributed by atoms with Crippen molar-refractivity contribution in [2.75, 3.05) is 34.5 Å². The second-order valence-electron chi connectivity index (χ2n) is 8.89. The van der Waals surface area contributed by atoms with E-state index in [1.807, 2.05) is 0 Å². The summed E-state index contributed by atoms with van der Waals surface area (Å²) in [6, 6.07) is 4.63. The van der Waals surface area contributed by atoms with Crippen molar-refractivity contribution in [3.8, 4) is 5.75 Å². The Labute approximate surface area is 177 Å². The van der Waals surface area contributed by atoms with E-state index in [0.717, 1.165) is 28.7 Å². The van der Waals surface area contributed by atoms with Gasteiger partial charge in [-0.25, -0.2) is 0 Å². The molecule has 0 heterocycles. The van der Waals surface area contributed by atoms with Crippen LogP contribution in [0.5, 0.6) is 5.75 Å². The molecule has 0 unspecified atom stereocenters. The van der Waals surface area contributed by atoms with Gasteiger partial charge in [-0.1, -0.05) is 32.1 Å². The molecular formula is C25H40O4. The molecule has 1 aromatic rings. The molecule has 164 valence electrons. The lowest BCUT2D eigenvalue weighted by atomic mass is 9.70. The van der Waals surface area contributed by atoms with Gasteiger partial charge in [-0.2, -0.15) is 0 Å². The lowest BCUT2D eigenvalue weighted by Gasteiger charge is -2.36. The Balaban J connectivity index is 1.72. The first kappa shape index (κ1) is 22.6. The zero-order valence-electron chi connectivity index (χ0n) is 18.7. The van der Waals surface area contributed by atoms with Gasteiger partial charge in [0.05, 0.1) is 19.8 Å². The highest BCUT2D eigenvalue weighted by Crippen LogP contribution is 2.44. The molecule has 0 N–H and O–H groups in total. The predicted molar refractivity (Wildman–Crippen MR) is 117 cm³/mol. The van der Waals surface area contributed by atoms with E-state index < -0.39 is 0 Å². The van der Waals surface area contributed by atoms with E-state index in [4.69, 9.17) is 18.9 Å². The zero-order valence-corrected chi connectivity index (χ0v) is 18.7. The minimum atomic E-state index is 0.537. The number of methoxy groups -OCH3 is 3. The molecule has 0 radical (unpaired) electrons. The van der Waals surface area contributed by atoms with Crippen LogP contribution >= 0.6 is 0 Å². The summed E-state index contributed by atoms with van der Waals surface area (Å²) < 4.78 is 22.2. The van der Waals surface area contributed by atoms with E-state index in [1.165, 1.54) is 63.4 Å². The Bertz CT molecular complexity index is 574. The molecule has 29 heavy (non-hydrogen) atoms. The summed E-state index contributed by atoms with van der Waals surface area (Å²) in [5.41, 5.74) is 3.69. The summed E-state index contributed by atoms with van der Waals surface area (Å²) in [4.78, 5) is 0. The summed E-state index contributed by atoms with van der Waals surface area (Å²) in [5, 5.41) is 0. The number of hydrogen-bond acceptors (Lipinski definition) is 4. The van der Waals surface area contributed by atoms with Crippen LogP contribution in [0.25, 0.3) is 0 Å². The molecule has 4 heteroatoms. The monoisotopic (exact) mass is 404 g/mol. The fourth-order valence-electron chi connectivity index (χ4n) is 5.48. The van der Waals surface area contributed by atoms with Crippen molar-refractivity contribution in [1.29, 1.82) is 0 Å². The lowest BCUT2D eigenvalue weighted by molar-refractivity contribution is 0.136. The maximum Gasteiger partial charge on any atom is 0.130 e. The molecule has 2 aliphatic rings. The fraction of sp³-hybridized carbons (Fsp3) is 0.760. The summed E-state index contributed by atoms with van der Waals surface area (Å²) in [6.07, 6.45) is 12.7. The van der Waals surface area contributed by atoms with E-state index in [0.29, 0.717) is 32.3 Å². The maximum absolute atomic E-state index is 6.07. The largest absolute Gasteiger partial charge is 0.490 e. The number of rotatable bonds is 10. The maximum atomic E-state index is 6.07. The van der Waals surface area contributed by atoms with Crippen LogP contribution in [0.15, 0.2) is 12.1 Å². The van der Waals surface area contributed by atoms with Gasteiger partial charge in [-0.05, 0) is 61.1 Å². The molecule has 0 aromatic heterocycles. The van der Waals surface area contributed by atoms with Crippen LogP contribution < -0.4 is 4.74 Å². The van der Waals surface area contributed by atoms with Gasteiger partial charge in [0.15, 0.2) is 0 Å². The molecule has 0 bridgehead atoms. The summed E-state index contributed by atoms with van der Waals surface area (Å²) in [7, 11) is 5.19. The molecule has 3 rings (SSSR count). The van der Waals surface area contributed by atoms with E-state index in [1.54, 1.807) is 21.3 Å². The quantitative estimate of drug-likeness (QED) is 0.458. The molecule has 1 aromatic carbocycles. The second kappa shape index (κ2) is 11.9. The van der Waals surface area contributed by atoms with Crippen LogP contribution in [0, 0.1) is 11.8 Å². The van der Waals surface area contributed by atoms with Gasteiger partial charge in [0, 0.05) is 32.5 Å². The molecule has 2 aliphatic carbocycles. The number of ether oxygens (including phenoxy) is 4. The Morgan fingerprint density at radius 3 is 1.83 bits per heavy atom. The number of benzene rings is 1. The average molecular weight is 405 g/mol. The molecular weight excluding hydrogens is 364 g/mol. The Morgan fingerprint density at radius 2 is 1.28 bits per heavy atom. The molecule has 0 atom stereocenters. The smallest absolute Gasteiger partial charge is 0.130 e. The van der Waals surface area contributed by atoms with Crippen molar-refractivity contribution in [2.45, 2.75) is 76.9 Å². The third-order valence-electron chi connectivity index (χ3n) is 6.96. The fourth-order valence-corrected chi connectivity index (χ4v) is 5.48. The summed E-state index contributed by atoms with van der Waals surface area (Å²) >= 11 is 0. The van der Waals surface area contributed by atoms with Gasteiger partial charge in [0.25, 0.3) is 0 Å². The molecule has 2 fully saturated rings. The van der Waals surface area contributed by atoms with Gasteiger partial charge >= 0.3 is 0 Å².